The third-order valence-corrected chi connectivity index (χ3v) is 4.50. The summed E-state index contributed by atoms with van der Waals surface area (Å²) in [5.74, 6) is -0.236. The van der Waals surface area contributed by atoms with Crippen molar-refractivity contribution in [2.75, 3.05) is 5.32 Å². The molecule has 0 aliphatic heterocycles. The van der Waals surface area contributed by atoms with Crippen LogP contribution in [-0.2, 0) is 0 Å². The Kier molecular flexibility index (Phi) is 4.90. The van der Waals surface area contributed by atoms with E-state index in [1.807, 2.05) is 0 Å². The zero-order chi connectivity index (χ0) is 14.0. The molecule has 0 saturated carbocycles. The van der Waals surface area contributed by atoms with E-state index in [4.69, 9.17) is 23.2 Å². The zero-order valence-electron chi connectivity index (χ0n) is 9.38. The number of benzene rings is 2. The molecular formula is C13H7Br2Cl2NO. The molecule has 2 nitrogen and oxygen atoms in total. The monoisotopic (exact) mass is 421 g/mol. The van der Waals surface area contributed by atoms with Crippen LogP contribution in [0.2, 0.25) is 10.0 Å². The fourth-order valence-electron chi connectivity index (χ4n) is 1.43. The summed E-state index contributed by atoms with van der Waals surface area (Å²) in [4.78, 5) is 12.1. The number of halogens is 4. The first kappa shape index (κ1) is 14.9. The van der Waals surface area contributed by atoms with Gasteiger partial charge in [0.2, 0.25) is 0 Å². The summed E-state index contributed by atoms with van der Waals surface area (Å²) in [6, 6.07) is 10.2. The molecule has 0 bridgehead atoms. The first-order valence-electron chi connectivity index (χ1n) is 5.19. The molecule has 0 atom stereocenters. The third-order valence-electron chi connectivity index (χ3n) is 2.36. The van der Waals surface area contributed by atoms with Gasteiger partial charge in [0, 0.05) is 19.5 Å². The molecule has 98 valence electrons. The molecule has 2 aromatic rings. The lowest BCUT2D eigenvalue weighted by atomic mass is 10.2. The predicted molar refractivity (Wildman–Crippen MR) is 86.3 cm³/mol. The lowest BCUT2D eigenvalue weighted by molar-refractivity contribution is 0.102. The summed E-state index contributed by atoms with van der Waals surface area (Å²) in [7, 11) is 0. The van der Waals surface area contributed by atoms with Crippen molar-refractivity contribution in [3.05, 3.63) is 61.0 Å². The van der Waals surface area contributed by atoms with Crippen LogP contribution in [0.1, 0.15) is 10.4 Å². The Hall–Kier alpha value is -0.550. The van der Waals surface area contributed by atoms with Crippen LogP contribution in [0.15, 0.2) is 45.3 Å². The molecule has 19 heavy (non-hydrogen) atoms. The van der Waals surface area contributed by atoms with Crippen molar-refractivity contribution in [2.24, 2.45) is 0 Å². The van der Waals surface area contributed by atoms with Crippen LogP contribution in [0.5, 0.6) is 0 Å². The first-order valence-corrected chi connectivity index (χ1v) is 7.53. The normalized spacial score (nSPS) is 10.3. The smallest absolute Gasteiger partial charge is 0.255 e. The second-order valence-electron chi connectivity index (χ2n) is 3.71. The molecule has 1 N–H and O–H groups in total. The van der Waals surface area contributed by atoms with Gasteiger partial charge in [-0.25, -0.2) is 0 Å². The van der Waals surface area contributed by atoms with E-state index >= 15 is 0 Å². The van der Waals surface area contributed by atoms with Gasteiger partial charge in [-0.3, -0.25) is 4.79 Å². The van der Waals surface area contributed by atoms with Gasteiger partial charge in [0.25, 0.3) is 5.91 Å². The Bertz CT molecular complexity index is 647. The van der Waals surface area contributed by atoms with Crippen molar-refractivity contribution in [1.82, 2.24) is 0 Å². The van der Waals surface area contributed by atoms with Gasteiger partial charge >= 0.3 is 0 Å². The highest BCUT2D eigenvalue weighted by atomic mass is 79.9. The van der Waals surface area contributed by atoms with Gasteiger partial charge in [0.05, 0.1) is 10.7 Å². The fourth-order valence-corrected chi connectivity index (χ4v) is 2.44. The topological polar surface area (TPSA) is 29.1 Å². The number of anilines is 1. The number of carbonyl (C=O) groups excluding carboxylic acids is 1. The maximum absolute atomic E-state index is 12.1. The molecule has 6 heteroatoms. The highest BCUT2D eigenvalue weighted by Crippen LogP contribution is 2.27. The molecule has 0 aliphatic carbocycles. The van der Waals surface area contributed by atoms with Crippen LogP contribution >= 0.6 is 55.1 Å². The minimum absolute atomic E-state index is 0.236. The minimum Gasteiger partial charge on any atom is -0.321 e. The van der Waals surface area contributed by atoms with E-state index in [2.05, 4.69) is 37.2 Å². The Labute approximate surface area is 137 Å². The van der Waals surface area contributed by atoms with E-state index in [9.17, 15) is 4.79 Å². The molecule has 0 aromatic heterocycles. The van der Waals surface area contributed by atoms with Crippen molar-refractivity contribution in [3.8, 4) is 0 Å². The third kappa shape index (κ3) is 3.72. The predicted octanol–water partition coefficient (Wildman–Crippen LogP) is 5.77. The van der Waals surface area contributed by atoms with Gasteiger partial charge in [-0.15, -0.1) is 0 Å². The van der Waals surface area contributed by atoms with E-state index < -0.39 is 0 Å². The van der Waals surface area contributed by atoms with Gasteiger partial charge in [-0.05, 0) is 68.3 Å². The number of amides is 1. The lowest BCUT2D eigenvalue weighted by Gasteiger charge is -2.08. The molecule has 2 rings (SSSR count). The Balaban J connectivity index is 2.25. The van der Waals surface area contributed by atoms with Crippen LogP contribution in [0.25, 0.3) is 0 Å². The Morgan fingerprint density at radius 1 is 1.00 bits per heavy atom. The molecule has 2 aromatic carbocycles. The molecule has 0 spiro atoms. The molecule has 0 saturated heterocycles. The van der Waals surface area contributed by atoms with Crippen LogP contribution < -0.4 is 5.32 Å². The van der Waals surface area contributed by atoms with E-state index in [-0.39, 0.29) is 5.91 Å². The number of carbonyl (C=O) groups is 1. The quantitative estimate of drug-likeness (QED) is 0.652. The second-order valence-corrected chi connectivity index (χ2v) is 6.26. The second kappa shape index (κ2) is 6.27. The lowest BCUT2D eigenvalue weighted by Crippen LogP contribution is -2.12. The number of rotatable bonds is 2. The fraction of sp³-hybridized carbons (Fsp3) is 0. The van der Waals surface area contributed by atoms with Crippen molar-refractivity contribution in [2.45, 2.75) is 0 Å². The highest BCUT2D eigenvalue weighted by molar-refractivity contribution is 9.11. The molecule has 0 fully saturated rings. The van der Waals surface area contributed by atoms with Crippen molar-refractivity contribution < 1.29 is 4.79 Å². The highest BCUT2D eigenvalue weighted by Gasteiger charge is 2.10. The van der Waals surface area contributed by atoms with E-state index in [1.54, 1.807) is 36.4 Å². The standard InChI is InChI=1S/C13H7Br2Cl2NO/c14-9-3-2-8(16)6-12(9)18-13(19)7-1-4-11(17)10(15)5-7/h1-6H,(H,18,19). The van der Waals surface area contributed by atoms with Gasteiger partial charge in [-0.2, -0.15) is 0 Å². The van der Waals surface area contributed by atoms with Gasteiger partial charge in [0.1, 0.15) is 0 Å². The van der Waals surface area contributed by atoms with Crippen molar-refractivity contribution in [1.29, 1.82) is 0 Å². The van der Waals surface area contributed by atoms with E-state index in [1.165, 1.54) is 0 Å². The van der Waals surface area contributed by atoms with E-state index in [0.29, 0.717) is 25.8 Å². The SMILES string of the molecule is O=C(Nc1cc(Cl)ccc1Br)c1ccc(Cl)c(Br)c1. The largest absolute Gasteiger partial charge is 0.321 e. The van der Waals surface area contributed by atoms with Crippen LogP contribution in [0, 0.1) is 0 Å². The van der Waals surface area contributed by atoms with Gasteiger partial charge in [0.15, 0.2) is 0 Å². The summed E-state index contributed by atoms with van der Waals surface area (Å²) in [5.41, 5.74) is 1.12. The maximum Gasteiger partial charge on any atom is 0.255 e. The average molecular weight is 424 g/mol. The van der Waals surface area contributed by atoms with Crippen molar-refractivity contribution in [3.63, 3.8) is 0 Å². The Morgan fingerprint density at radius 3 is 2.42 bits per heavy atom. The van der Waals surface area contributed by atoms with Gasteiger partial charge in [-0.1, -0.05) is 23.2 Å². The molecular weight excluding hydrogens is 417 g/mol. The summed E-state index contributed by atoms with van der Waals surface area (Å²) in [6.45, 7) is 0. The van der Waals surface area contributed by atoms with Crippen LogP contribution in [0.4, 0.5) is 5.69 Å². The van der Waals surface area contributed by atoms with Crippen LogP contribution in [0.3, 0.4) is 0 Å². The average Bonchev–Trinajstić information content (AvgIpc) is 2.37. The summed E-state index contributed by atoms with van der Waals surface area (Å²) in [6.07, 6.45) is 0. The zero-order valence-corrected chi connectivity index (χ0v) is 14.1. The Morgan fingerprint density at radius 2 is 1.74 bits per heavy atom. The van der Waals surface area contributed by atoms with Gasteiger partial charge < -0.3 is 5.32 Å². The number of nitrogens with one attached hydrogen (secondary N) is 1. The number of hydrogen-bond acceptors (Lipinski definition) is 1. The number of hydrogen-bond donors (Lipinski definition) is 1. The maximum atomic E-state index is 12.1. The molecule has 0 unspecified atom stereocenters. The summed E-state index contributed by atoms with van der Waals surface area (Å²) < 4.78 is 1.44. The van der Waals surface area contributed by atoms with E-state index in [0.717, 1.165) is 4.47 Å². The van der Waals surface area contributed by atoms with Crippen molar-refractivity contribution >= 4 is 66.7 Å². The minimum atomic E-state index is -0.236. The summed E-state index contributed by atoms with van der Waals surface area (Å²) in [5, 5.41) is 3.89. The molecule has 0 radical (unpaired) electrons. The molecule has 0 heterocycles. The summed E-state index contributed by atoms with van der Waals surface area (Å²) >= 11 is 18.4. The molecule has 0 aliphatic rings. The van der Waals surface area contributed by atoms with Crippen LogP contribution in [-0.4, -0.2) is 5.91 Å². The first-order chi connectivity index (χ1) is 8.97. The molecule has 1 amide bonds.